The molecule has 26 heavy (non-hydrogen) atoms. The van der Waals surface area contributed by atoms with Gasteiger partial charge in [-0.3, -0.25) is 4.79 Å². The molecule has 0 fully saturated rings. The maximum absolute atomic E-state index is 12.2. The summed E-state index contributed by atoms with van der Waals surface area (Å²) >= 11 is 0. The molecule has 0 radical (unpaired) electrons. The Morgan fingerprint density at radius 3 is 2.50 bits per heavy atom. The summed E-state index contributed by atoms with van der Waals surface area (Å²) in [5, 5.41) is 3.76. The topological polar surface area (TPSA) is 51.5 Å². The predicted octanol–water partition coefficient (Wildman–Crippen LogP) is 4.85. The van der Waals surface area contributed by atoms with Gasteiger partial charge in [-0.2, -0.15) is 0 Å². The molecule has 1 N–H and O–H groups in total. The van der Waals surface area contributed by atoms with Crippen molar-refractivity contribution in [1.82, 2.24) is 5.32 Å². The van der Waals surface area contributed by atoms with Crippen molar-refractivity contribution in [2.45, 2.75) is 33.1 Å². The van der Waals surface area contributed by atoms with E-state index in [4.69, 9.17) is 9.15 Å². The molecule has 0 bridgehead atoms. The van der Waals surface area contributed by atoms with Gasteiger partial charge in [0.25, 0.3) is 5.91 Å². The quantitative estimate of drug-likeness (QED) is 0.669. The molecule has 3 aromatic rings. The summed E-state index contributed by atoms with van der Waals surface area (Å²) in [6, 6.07) is 15.7. The van der Waals surface area contributed by atoms with Crippen molar-refractivity contribution in [3.05, 3.63) is 65.4 Å². The summed E-state index contributed by atoms with van der Waals surface area (Å²) < 4.78 is 11.4. The average Bonchev–Trinajstić information content (AvgIpc) is 3.04. The Labute approximate surface area is 154 Å². The number of carbonyl (C=O) groups excluding carboxylic acids is 1. The smallest absolute Gasteiger partial charge is 0.287 e. The van der Waals surface area contributed by atoms with Gasteiger partial charge in [0.15, 0.2) is 5.76 Å². The molecule has 0 aliphatic rings. The Bertz CT molecular complexity index is 901. The van der Waals surface area contributed by atoms with Gasteiger partial charge >= 0.3 is 0 Å². The van der Waals surface area contributed by atoms with Gasteiger partial charge in [-0.15, -0.1) is 0 Å². The van der Waals surface area contributed by atoms with Crippen LogP contribution in [-0.2, 0) is 5.41 Å². The van der Waals surface area contributed by atoms with Gasteiger partial charge in [0.1, 0.15) is 17.9 Å². The number of para-hydroxylation sites is 1. The number of amides is 1. The number of hydrogen-bond donors (Lipinski definition) is 1. The largest absolute Gasteiger partial charge is 0.492 e. The lowest BCUT2D eigenvalue weighted by atomic mass is 9.87. The van der Waals surface area contributed by atoms with Crippen LogP contribution in [0, 0.1) is 6.92 Å². The van der Waals surface area contributed by atoms with E-state index in [1.54, 1.807) is 6.07 Å². The summed E-state index contributed by atoms with van der Waals surface area (Å²) in [6.45, 7) is 9.32. The number of aryl methyl sites for hydroxylation is 1. The summed E-state index contributed by atoms with van der Waals surface area (Å²) in [5.41, 5.74) is 3.16. The van der Waals surface area contributed by atoms with Crippen LogP contribution >= 0.6 is 0 Å². The van der Waals surface area contributed by atoms with E-state index in [-0.39, 0.29) is 11.3 Å². The lowest BCUT2D eigenvalue weighted by Gasteiger charge is -2.19. The van der Waals surface area contributed by atoms with Crippen LogP contribution in [0.15, 0.2) is 52.9 Å². The average molecular weight is 351 g/mol. The number of benzene rings is 2. The highest BCUT2D eigenvalue weighted by atomic mass is 16.5. The van der Waals surface area contributed by atoms with E-state index in [0.717, 1.165) is 22.3 Å². The molecule has 0 spiro atoms. The second kappa shape index (κ2) is 7.24. The molecule has 0 atom stereocenters. The molecule has 4 nitrogen and oxygen atoms in total. The number of carbonyl (C=O) groups is 1. The molecule has 0 saturated carbocycles. The number of fused-ring (bicyclic) bond motifs is 1. The highest BCUT2D eigenvalue weighted by Gasteiger charge is 2.14. The Balaban J connectivity index is 1.51. The van der Waals surface area contributed by atoms with E-state index in [1.165, 1.54) is 5.56 Å². The van der Waals surface area contributed by atoms with Crippen LogP contribution in [-0.4, -0.2) is 19.1 Å². The fourth-order valence-corrected chi connectivity index (χ4v) is 2.79. The minimum atomic E-state index is -0.229. The first-order chi connectivity index (χ1) is 12.3. The number of ether oxygens (including phenoxy) is 1. The molecule has 136 valence electrons. The second-order valence-corrected chi connectivity index (χ2v) is 7.48. The van der Waals surface area contributed by atoms with Gasteiger partial charge in [0.05, 0.1) is 6.54 Å². The summed E-state index contributed by atoms with van der Waals surface area (Å²) in [6.07, 6.45) is 0. The van der Waals surface area contributed by atoms with Crippen LogP contribution in [0.4, 0.5) is 0 Å². The van der Waals surface area contributed by atoms with Crippen LogP contribution in [0.3, 0.4) is 0 Å². The third kappa shape index (κ3) is 4.07. The zero-order valence-corrected chi connectivity index (χ0v) is 15.8. The fourth-order valence-electron chi connectivity index (χ4n) is 2.79. The monoisotopic (exact) mass is 351 g/mol. The number of hydrogen-bond acceptors (Lipinski definition) is 3. The first-order valence-electron chi connectivity index (χ1n) is 8.85. The third-order valence-corrected chi connectivity index (χ3v) is 4.34. The number of furan rings is 1. The molecular formula is C22H25NO3. The molecule has 0 unspecified atom stereocenters. The minimum absolute atomic E-state index is 0.122. The maximum atomic E-state index is 12.2. The van der Waals surface area contributed by atoms with Gasteiger partial charge in [0, 0.05) is 5.39 Å². The highest BCUT2D eigenvalue weighted by molar-refractivity contribution is 5.96. The van der Waals surface area contributed by atoms with E-state index in [1.807, 2.05) is 37.3 Å². The van der Waals surface area contributed by atoms with Gasteiger partial charge in [-0.1, -0.05) is 51.1 Å². The van der Waals surface area contributed by atoms with Gasteiger partial charge in [0.2, 0.25) is 0 Å². The molecule has 1 heterocycles. The molecule has 0 aliphatic heterocycles. The Kier molecular flexibility index (Phi) is 5.03. The van der Waals surface area contributed by atoms with E-state index < -0.39 is 0 Å². The van der Waals surface area contributed by atoms with E-state index in [0.29, 0.717) is 18.9 Å². The van der Waals surface area contributed by atoms with Crippen LogP contribution in [0.25, 0.3) is 11.0 Å². The molecular weight excluding hydrogens is 326 g/mol. The zero-order valence-electron chi connectivity index (χ0n) is 15.8. The predicted molar refractivity (Wildman–Crippen MR) is 104 cm³/mol. The summed E-state index contributed by atoms with van der Waals surface area (Å²) in [7, 11) is 0. The highest BCUT2D eigenvalue weighted by Crippen LogP contribution is 2.24. The molecule has 1 aromatic heterocycles. The second-order valence-electron chi connectivity index (χ2n) is 7.48. The fraction of sp³-hybridized carbons (Fsp3) is 0.318. The lowest BCUT2D eigenvalue weighted by Crippen LogP contribution is -2.27. The Morgan fingerprint density at radius 1 is 1.12 bits per heavy atom. The van der Waals surface area contributed by atoms with Crippen molar-refractivity contribution in [3.63, 3.8) is 0 Å². The van der Waals surface area contributed by atoms with E-state index in [9.17, 15) is 4.79 Å². The van der Waals surface area contributed by atoms with Crippen LogP contribution < -0.4 is 10.1 Å². The molecule has 4 heteroatoms. The standard InChI is InChI=1S/C22H25NO3/c1-15-6-5-7-16-14-19(26-20(15)16)21(24)23-12-13-25-18-10-8-17(9-11-18)22(2,3)4/h5-11,14H,12-13H2,1-4H3,(H,23,24). The van der Waals surface area contributed by atoms with E-state index in [2.05, 4.69) is 38.2 Å². The summed E-state index contributed by atoms with van der Waals surface area (Å²) in [5.74, 6) is 0.891. The van der Waals surface area contributed by atoms with E-state index >= 15 is 0 Å². The van der Waals surface area contributed by atoms with Gasteiger partial charge < -0.3 is 14.5 Å². The number of rotatable bonds is 5. The van der Waals surface area contributed by atoms with Crippen LogP contribution in [0.5, 0.6) is 5.75 Å². The summed E-state index contributed by atoms with van der Waals surface area (Å²) in [4.78, 5) is 12.2. The number of nitrogens with one attached hydrogen (secondary N) is 1. The minimum Gasteiger partial charge on any atom is -0.492 e. The first-order valence-corrected chi connectivity index (χ1v) is 8.85. The SMILES string of the molecule is Cc1cccc2cc(C(=O)NCCOc3ccc(C(C)(C)C)cc3)oc12. The molecule has 0 aliphatic carbocycles. The lowest BCUT2D eigenvalue weighted by molar-refractivity contribution is 0.0921. The Hall–Kier alpha value is -2.75. The molecule has 1 amide bonds. The van der Waals surface area contributed by atoms with Gasteiger partial charge in [-0.25, -0.2) is 0 Å². The molecule has 0 saturated heterocycles. The first kappa shape index (κ1) is 18.1. The molecule has 3 rings (SSSR count). The van der Waals surface area contributed by atoms with Crippen molar-refractivity contribution in [3.8, 4) is 5.75 Å². The Morgan fingerprint density at radius 2 is 1.85 bits per heavy atom. The maximum Gasteiger partial charge on any atom is 0.287 e. The zero-order chi connectivity index (χ0) is 18.7. The normalized spacial score (nSPS) is 11.5. The van der Waals surface area contributed by atoms with Crippen molar-refractivity contribution in [1.29, 1.82) is 0 Å². The van der Waals surface area contributed by atoms with Crippen molar-refractivity contribution in [2.24, 2.45) is 0 Å². The van der Waals surface area contributed by atoms with Crippen LogP contribution in [0.2, 0.25) is 0 Å². The van der Waals surface area contributed by atoms with Gasteiger partial charge in [-0.05, 0) is 41.7 Å². The third-order valence-electron chi connectivity index (χ3n) is 4.34. The van der Waals surface area contributed by atoms with Crippen molar-refractivity contribution in [2.75, 3.05) is 13.2 Å². The van der Waals surface area contributed by atoms with Crippen LogP contribution in [0.1, 0.15) is 42.5 Å². The van der Waals surface area contributed by atoms with Crippen molar-refractivity contribution >= 4 is 16.9 Å². The molecule has 2 aromatic carbocycles. The van der Waals surface area contributed by atoms with Crippen molar-refractivity contribution < 1.29 is 13.9 Å².